The number of benzene rings is 2. The van der Waals surface area contributed by atoms with E-state index < -0.39 is 33.6 Å². The number of nitrogens with one attached hydrogen (secondary N) is 1. The Labute approximate surface area is 176 Å². The van der Waals surface area contributed by atoms with Gasteiger partial charge in [0.25, 0.3) is 5.91 Å². The summed E-state index contributed by atoms with van der Waals surface area (Å²) < 4.78 is 54.6. The SMILES string of the molecule is CC1CCN(S(=O)(=O)c2ccc(C(=O)NC(C)Cc3c(F)cccc3F)cc2)CC1. The highest BCUT2D eigenvalue weighted by Crippen LogP contribution is 2.23. The van der Waals surface area contributed by atoms with Gasteiger partial charge in [-0.15, -0.1) is 0 Å². The molecule has 8 heteroatoms. The number of nitrogens with zero attached hydrogens (tertiary/aromatic N) is 1. The second kappa shape index (κ2) is 9.22. The lowest BCUT2D eigenvalue weighted by molar-refractivity contribution is 0.0939. The zero-order valence-corrected chi connectivity index (χ0v) is 17.9. The van der Waals surface area contributed by atoms with Gasteiger partial charge in [0.1, 0.15) is 11.6 Å². The van der Waals surface area contributed by atoms with Gasteiger partial charge in [0.15, 0.2) is 0 Å². The van der Waals surface area contributed by atoms with E-state index in [2.05, 4.69) is 12.2 Å². The minimum atomic E-state index is -3.58. The van der Waals surface area contributed by atoms with E-state index in [9.17, 15) is 22.0 Å². The Morgan fingerprint density at radius 1 is 1.10 bits per heavy atom. The van der Waals surface area contributed by atoms with E-state index in [0.717, 1.165) is 12.8 Å². The molecule has 1 unspecified atom stereocenters. The molecule has 0 saturated carbocycles. The van der Waals surface area contributed by atoms with Crippen LogP contribution in [0.15, 0.2) is 47.4 Å². The normalized spacial score (nSPS) is 16.9. The Kier molecular flexibility index (Phi) is 6.88. The fraction of sp³-hybridized carbons (Fsp3) is 0.409. The lowest BCUT2D eigenvalue weighted by atomic mass is 10.0. The van der Waals surface area contributed by atoms with E-state index in [1.54, 1.807) is 6.92 Å². The predicted octanol–water partition coefficient (Wildman–Crippen LogP) is 3.75. The van der Waals surface area contributed by atoms with Crippen LogP contribution in [0, 0.1) is 17.6 Å². The largest absolute Gasteiger partial charge is 0.349 e. The maximum atomic E-state index is 13.8. The molecule has 2 aromatic carbocycles. The van der Waals surface area contributed by atoms with Crippen molar-refractivity contribution in [2.75, 3.05) is 13.1 Å². The zero-order valence-electron chi connectivity index (χ0n) is 17.1. The van der Waals surface area contributed by atoms with Crippen molar-refractivity contribution in [1.82, 2.24) is 9.62 Å². The first-order valence-corrected chi connectivity index (χ1v) is 11.5. The van der Waals surface area contributed by atoms with Crippen LogP contribution in [0.4, 0.5) is 8.78 Å². The number of piperidine rings is 1. The monoisotopic (exact) mass is 436 g/mol. The number of amides is 1. The number of carbonyl (C=O) groups is 1. The number of halogens is 2. The van der Waals surface area contributed by atoms with Gasteiger partial charge < -0.3 is 5.32 Å². The van der Waals surface area contributed by atoms with Gasteiger partial charge in [-0.25, -0.2) is 17.2 Å². The molecule has 162 valence electrons. The van der Waals surface area contributed by atoms with Crippen LogP contribution >= 0.6 is 0 Å². The fourth-order valence-corrected chi connectivity index (χ4v) is 5.01. The molecule has 1 atom stereocenters. The van der Waals surface area contributed by atoms with Crippen molar-refractivity contribution in [2.24, 2.45) is 5.92 Å². The van der Waals surface area contributed by atoms with Crippen LogP contribution in [0.1, 0.15) is 42.6 Å². The Morgan fingerprint density at radius 2 is 1.67 bits per heavy atom. The summed E-state index contributed by atoms with van der Waals surface area (Å²) >= 11 is 0. The molecule has 1 N–H and O–H groups in total. The maximum absolute atomic E-state index is 13.8. The summed E-state index contributed by atoms with van der Waals surface area (Å²) in [4.78, 5) is 12.6. The Morgan fingerprint density at radius 3 is 2.23 bits per heavy atom. The summed E-state index contributed by atoms with van der Waals surface area (Å²) in [5.41, 5.74) is 0.199. The van der Waals surface area contributed by atoms with Gasteiger partial charge in [0.2, 0.25) is 10.0 Å². The molecule has 30 heavy (non-hydrogen) atoms. The fourth-order valence-electron chi connectivity index (χ4n) is 3.54. The van der Waals surface area contributed by atoms with Gasteiger partial charge in [0, 0.05) is 30.3 Å². The van der Waals surface area contributed by atoms with Crippen molar-refractivity contribution in [2.45, 2.75) is 44.0 Å². The van der Waals surface area contributed by atoms with Crippen LogP contribution in [0.25, 0.3) is 0 Å². The molecule has 1 aliphatic heterocycles. The first-order valence-electron chi connectivity index (χ1n) is 10.0. The number of rotatable bonds is 6. The molecule has 0 spiro atoms. The average Bonchev–Trinajstić information content (AvgIpc) is 2.71. The highest BCUT2D eigenvalue weighted by atomic mass is 32.2. The van der Waals surface area contributed by atoms with Gasteiger partial charge in [-0.05, 0) is 68.5 Å². The molecule has 1 aliphatic rings. The van der Waals surface area contributed by atoms with Crippen molar-refractivity contribution in [3.05, 3.63) is 65.2 Å². The van der Waals surface area contributed by atoms with Crippen LogP contribution in [0.2, 0.25) is 0 Å². The van der Waals surface area contributed by atoms with Crippen LogP contribution in [-0.2, 0) is 16.4 Å². The summed E-state index contributed by atoms with van der Waals surface area (Å²) in [6.07, 6.45) is 1.67. The Bertz CT molecular complexity index is 981. The van der Waals surface area contributed by atoms with Gasteiger partial charge in [-0.3, -0.25) is 4.79 Å². The molecule has 1 saturated heterocycles. The molecule has 2 aromatic rings. The lowest BCUT2D eigenvalue weighted by Crippen LogP contribution is -2.38. The molecule has 5 nitrogen and oxygen atoms in total. The maximum Gasteiger partial charge on any atom is 0.251 e. The van der Waals surface area contributed by atoms with E-state index in [4.69, 9.17) is 0 Å². The van der Waals surface area contributed by atoms with E-state index in [1.807, 2.05) is 0 Å². The second-order valence-corrected chi connectivity index (χ2v) is 9.83. The van der Waals surface area contributed by atoms with Crippen molar-refractivity contribution < 1.29 is 22.0 Å². The highest BCUT2D eigenvalue weighted by molar-refractivity contribution is 7.89. The first-order chi connectivity index (χ1) is 14.2. The molecule has 1 heterocycles. The summed E-state index contributed by atoms with van der Waals surface area (Å²) in [5.74, 6) is -1.23. The van der Waals surface area contributed by atoms with Crippen LogP contribution < -0.4 is 5.32 Å². The highest BCUT2D eigenvalue weighted by Gasteiger charge is 2.28. The van der Waals surface area contributed by atoms with E-state index in [1.165, 1.54) is 46.8 Å². The van der Waals surface area contributed by atoms with Gasteiger partial charge in [-0.1, -0.05) is 13.0 Å². The number of carbonyl (C=O) groups excluding carboxylic acids is 1. The third-order valence-corrected chi connectivity index (χ3v) is 7.36. The van der Waals surface area contributed by atoms with Gasteiger partial charge in [0.05, 0.1) is 4.90 Å². The van der Waals surface area contributed by atoms with Crippen LogP contribution in [0.5, 0.6) is 0 Å². The average molecular weight is 437 g/mol. The lowest BCUT2D eigenvalue weighted by Gasteiger charge is -2.29. The second-order valence-electron chi connectivity index (χ2n) is 7.89. The molecule has 1 fully saturated rings. The molecular formula is C22H26F2N2O3S. The molecule has 3 rings (SSSR count). The summed E-state index contributed by atoms with van der Waals surface area (Å²) in [6.45, 7) is 4.75. The van der Waals surface area contributed by atoms with Crippen LogP contribution in [-0.4, -0.2) is 37.8 Å². The minimum Gasteiger partial charge on any atom is -0.349 e. The summed E-state index contributed by atoms with van der Waals surface area (Å²) in [6, 6.07) is 8.87. The Hall–Kier alpha value is -2.32. The van der Waals surface area contributed by atoms with E-state index in [-0.39, 0.29) is 22.4 Å². The number of hydrogen-bond acceptors (Lipinski definition) is 3. The third-order valence-electron chi connectivity index (χ3n) is 5.45. The molecular weight excluding hydrogens is 410 g/mol. The van der Waals surface area contributed by atoms with E-state index in [0.29, 0.717) is 19.0 Å². The zero-order chi connectivity index (χ0) is 21.9. The summed E-state index contributed by atoms with van der Waals surface area (Å²) in [5, 5.41) is 2.69. The topological polar surface area (TPSA) is 66.5 Å². The molecule has 0 bridgehead atoms. The van der Waals surface area contributed by atoms with Crippen molar-refractivity contribution in [1.29, 1.82) is 0 Å². The minimum absolute atomic E-state index is 0.00406. The van der Waals surface area contributed by atoms with Crippen molar-refractivity contribution in [3.8, 4) is 0 Å². The van der Waals surface area contributed by atoms with Crippen molar-refractivity contribution >= 4 is 15.9 Å². The standard InChI is InChI=1S/C22H26F2N2O3S/c1-15-10-12-26(13-11-15)30(28,29)18-8-6-17(7-9-18)22(27)25-16(2)14-19-20(23)4-3-5-21(19)24/h3-9,15-16H,10-14H2,1-2H3,(H,25,27). The van der Waals surface area contributed by atoms with Gasteiger partial charge in [-0.2, -0.15) is 4.31 Å². The Balaban J connectivity index is 1.65. The molecule has 0 radical (unpaired) electrons. The van der Waals surface area contributed by atoms with Crippen molar-refractivity contribution in [3.63, 3.8) is 0 Å². The van der Waals surface area contributed by atoms with Gasteiger partial charge >= 0.3 is 0 Å². The smallest absolute Gasteiger partial charge is 0.251 e. The molecule has 1 amide bonds. The third kappa shape index (κ3) is 5.05. The quantitative estimate of drug-likeness (QED) is 0.750. The number of sulfonamides is 1. The summed E-state index contributed by atoms with van der Waals surface area (Å²) in [7, 11) is -3.58. The number of hydrogen-bond donors (Lipinski definition) is 1. The molecule has 0 aliphatic carbocycles. The van der Waals surface area contributed by atoms with Crippen LogP contribution in [0.3, 0.4) is 0 Å². The predicted molar refractivity (Wildman–Crippen MR) is 111 cm³/mol. The molecule has 0 aromatic heterocycles. The first kappa shape index (κ1) is 22.4. The van der Waals surface area contributed by atoms with E-state index >= 15 is 0 Å².